The zero-order chi connectivity index (χ0) is 18.7. The van der Waals surface area contributed by atoms with Gasteiger partial charge in [0, 0.05) is 24.2 Å². The molecule has 0 spiro atoms. The molecule has 0 aromatic heterocycles. The Morgan fingerprint density at radius 2 is 1.96 bits per heavy atom. The quantitative estimate of drug-likeness (QED) is 0.609. The van der Waals surface area contributed by atoms with Crippen LogP contribution in [0, 0.1) is 0 Å². The van der Waals surface area contributed by atoms with Crippen LogP contribution in [-0.2, 0) is 13.2 Å². The van der Waals surface area contributed by atoms with Crippen molar-refractivity contribution in [2.75, 3.05) is 13.7 Å². The van der Waals surface area contributed by atoms with Crippen molar-refractivity contribution in [2.45, 2.75) is 38.1 Å². The molecule has 3 aromatic rings. The van der Waals surface area contributed by atoms with E-state index in [2.05, 4.69) is 4.90 Å². The number of aromatic hydroxyl groups is 1. The molecule has 0 amide bonds. The van der Waals surface area contributed by atoms with Gasteiger partial charge in [-0.2, -0.15) is 0 Å². The minimum absolute atomic E-state index is 0.0452. The molecule has 2 aliphatic rings. The van der Waals surface area contributed by atoms with Crippen molar-refractivity contribution in [3.05, 3.63) is 47.0 Å². The summed E-state index contributed by atoms with van der Waals surface area (Å²) in [4.78, 5) is 2.49. The number of aliphatic hydroxyl groups is 1. The minimum Gasteiger partial charge on any atom is -0.508 e. The molecule has 1 fully saturated rings. The van der Waals surface area contributed by atoms with Crippen molar-refractivity contribution in [2.24, 2.45) is 5.73 Å². The summed E-state index contributed by atoms with van der Waals surface area (Å²) >= 11 is 0. The van der Waals surface area contributed by atoms with Gasteiger partial charge < -0.3 is 20.7 Å². The van der Waals surface area contributed by atoms with Crippen LogP contribution in [-0.4, -0.2) is 34.8 Å². The molecule has 3 aromatic carbocycles. The number of phenolic OH excluding ortho intramolecular Hbond substituents is 1. The maximum Gasteiger partial charge on any atom is 0.125 e. The predicted molar refractivity (Wildman–Crippen MR) is 106 cm³/mol. The van der Waals surface area contributed by atoms with Gasteiger partial charge in [0.05, 0.1) is 13.7 Å². The van der Waals surface area contributed by atoms with Crippen LogP contribution in [0.15, 0.2) is 30.3 Å². The number of benzene rings is 3. The number of hydrogen-bond donors (Lipinski definition) is 3. The van der Waals surface area contributed by atoms with Crippen molar-refractivity contribution < 1.29 is 14.9 Å². The third kappa shape index (κ3) is 2.35. The molecule has 2 aliphatic heterocycles. The first-order valence-corrected chi connectivity index (χ1v) is 9.51. The highest BCUT2D eigenvalue weighted by molar-refractivity contribution is 6.12. The van der Waals surface area contributed by atoms with Crippen molar-refractivity contribution in [1.82, 2.24) is 4.90 Å². The van der Waals surface area contributed by atoms with E-state index in [9.17, 15) is 10.2 Å². The lowest BCUT2D eigenvalue weighted by Crippen LogP contribution is -2.42. The summed E-state index contributed by atoms with van der Waals surface area (Å²) in [5.74, 6) is 0.917. The second kappa shape index (κ2) is 6.09. The van der Waals surface area contributed by atoms with Gasteiger partial charge in [-0.3, -0.25) is 4.90 Å². The molecular weight excluding hydrogens is 340 g/mol. The smallest absolute Gasteiger partial charge is 0.125 e. The lowest BCUT2D eigenvalue weighted by atomic mass is 9.82. The molecule has 5 heteroatoms. The van der Waals surface area contributed by atoms with Gasteiger partial charge in [-0.05, 0) is 76.3 Å². The molecular formula is C22H24N2O3. The zero-order valence-corrected chi connectivity index (χ0v) is 15.4. The van der Waals surface area contributed by atoms with E-state index in [0.717, 1.165) is 46.6 Å². The Morgan fingerprint density at radius 1 is 1.15 bits per heavy atom. The van der Waals surface area contributed by atoms with Crippen molar-refractivity contribution in [3.63, 3.8) is 0 Å². The first kappa shape index (κ1) is 16.8. The van der Waals surface area contributed by atoms with Crippen LogP contribution >= 0.6 is 0 Å². The topological polar surface area (TPSA) is 78.9 Å². The largest absolute Gasteiger partial charge is 0.508 e. The van der Waals surface area contributed by atoms with Gasteiger partial charge in [0.25, 0.3) is 0 Å². The summed E-state index contributed by atoms with van der Waals surface area (Å²) in [5.41, 5.74) is 9.96. The van der Waals surface area contributed by atoms with Crippen LogP contribution < -0.4 is 10.5 Å². The highest BCUT2D eigenvalue weighted by Gasteiger charge is 2.38. The van der Waals surface area contributed by atoms with Gasteiger partial charge in [0.2, 0.25) is 0 Å². The number of nitrogens with two attached hydrogens (primary N) is 1. The van der Waals surface area contributed by atoms with Gasteiger partial charge in [-0.15, -0.1) is 0 Å². The maximum atomic E-state index is 10.1. The monoisotopic (exact) mass is 364 g/mol. The highest BCUT2D eigenvalue weighted by atomic mass is 16.5. The molecule has 2 heterocycles. The molecule has 0 bridgehead atoms. The first-order valence-electron chi connectivity index (χ1n) is 9.51. The third-order valence-electron chi connectivity index (χ3n) is 6.35. The van der Waals surface area contributed by atoms with Crippen molar-refractivity contribution in [1.29, 1.82) is 0 Å². The van der Waals surface area contributed by atoms with Crippen molar-refractivity contribution in [3.8, 4) is 11.5 Å². The molecule has 4 N–H and O–H groups in total. The number of aliphatic hydroxyl groups excluding tert-OH is 1. The van der Waals surface area contributed by atoms with Crippen LogP contribution in [0.1, 0.15) is 35.6 Å². The van der Waals surface area contributed by atoms with E-state index in [0.29, 0.717) is 11.8 Å². The number of methoxy groups -OCH3 is 1. The van der Waals surface area contributed by atoms with Gasteiger partial charge in [0.1, 0.15) is 11.5 Å². The number of rotatable bonds is 2. The second-order valence-corrected chi connectivity index (χ2v) is 7.70. The average molecular weight is 364 g/mol. The molecule has 0 aliphatic carbocycles. The molecule has 0 saturated carbocycles. The van der Waals surface area contributed by atoms with E-state index < -0.39 is 0 Å². The maximum absolute atomic E-state index is 10.1. The molecule has 140 valence electrons. The van der Waals surface area contributed by atoms with E-state index in [1.807, 2.05) is 18.2 Å². The van der Waals surface area contributed by atoms with E-state index in [1.54, 1.807) is 19.2 Å². The summed E-state index contributed by atoms with van der Waals surface area (Å²) < 4.78 is 5.53. The normalized spacial score (nSPS) is 22.2. The highest BCUT2D eigenvalue weighted by Crippen LogP contribution is 2.45. The van der Waals surface area contributed by atoms with Gasteiger partial charge >= 0.3 is 0 Å². The Hall–Kier alpha value is -2.34. The summed E-state index contributed by atoms with van der Waals surface area (Å²) in [6.45, 7) is 1.87. The van der Waals surface area contributed by atoms with Crippen molar-refractivity contribution >= 4 is 21.5 Å². The average Bonchev–Trinajstić information content (AvgIpc) is 3.16. The number of phenols is 1. The molecule has 0 radical (unpaired) electrons. The number of ether oxygens (including phenoxy) is 1. The molecule has 1 saturated heterocycles. The third-order valence-corrected chi connectivity index (χ3v) is 6.35. The summed E-state index contributed by atoms with van der Waals surface area (Å²) in [6.07, 6.45) is 2.31. The Bertz CT molecular complexity index is 1060. The Kier molecular flexibility index (Phi) is 3.79. The van der Waals surface area contributed by atoms with Gasteiger partial charge in [0.15, 0.2) is 0 Å². The first-order chi connectivity index (χ1) is 13.1. The summed E-state index contributed by atoms with van der Waals surface area (Å²) in [7, 11) is 1.63. The van der Waals surface area contributed by atoms with Gasteiger partial charge in [-0.1, -0.05) is 6.07 Å². The predicted octanol–water partition coefficient (Wildman–Crippen LogP) is 3.18. The van der Waals surface area contributed by atoms with E-state index in [1.165, 1.54) is 17.5 Å². The van der Waals surface area contributed by atoms with Crippen LogP contribution in [0.4, 0.5) is 0 Å². The molecule has 1 unspecified atom stereocenters. The SMILES string of the molecule is COc1cc2c3c(c4ccc(O)cc4c2cc1CO)C(N)[C@@H]1CCCN1C3. The van der Waals surface area contributed by atoms with E-state index in [-0.39, 0.29) is 18.4 Å². The summed E-state index contributed by atoms with van der Waals surface area (Å²) in [6, 6.07) is 9.86. The fourth-order valence-electron chi connectivity index (χ4n) is 5.11. The number of hydrogen-bond acceptors (Lipinski definition) is 5. The van der Waals surface area contributed by atoms with E-state index >= 15 is 0 Å². The fraction of sp³-hybridized carbons (Fsp3) is 0.364. The van der Waals surface area contributed by atoms with E-state index in [4.69, 9.17) is 10.5 Å². The Morgan fingerprint density at radius 3 is 2.74 bits per heavy atom. The Balaban J connectivity index is 1.93. The Labute approximate surface area is 158 Å². The van der Waals surface area contributed by atoms with Crippen LogP contribution in [0.3, 0.4) is 0 Å². The number of nitrogens with zero attached hydrogens (tertiary/aromatic N) is 1. The lowest BCUT2D eigenvalue weighted by Gasteiger charge is -2.38. The molecule has 5 nitrogen and oxygen atoms in total. The number of fused-ring (bicyclic) bond motifs is 7. The minimum atomic E-state index is -0.0930. The van der Waals surface area contributed by atoms with Gasteiger partial charge in [-0.25, -0.2) is 0 Å². The molecule has 27 heavy (non-hydrogen) atoms. The summed E-state index contributed by atoms with van der Waals surface area (Å²) in [5, 5.41) is 24.1. The molecule has 2 atom stereocenters. The zero-order valence-electron chi connectivity index (χ0n) is 15.4. The van der Waals surface area contributed by atoms with Crippen LogP contribution in [0.2, 0.25) is 0 Å². The lowest BCUT2D eigenvalue weighted by molar-refractivity contribution is 0.200. The standard InChI is InChI=1S/C22H24N2O3/c1-27-20-9-17-15(7-12(20)11-25)16-8-13(26)4-5-14(16)21-18(17)10-24-6-2-3-19(24)22(21)23/h4-5,7-9,19,22,25-26H,2-3,6,10-11,23H2,1H3/t19-,22?/m0/s1. The van der Waals surface area contributed by atoms with Crippen LogP contribution in [0.25, 0.3) is 21.5 Å². The molecule has 5 rings (SSSR count). The van der Waals surface area contributed by atoms with Crippen LogP contribution in [0.5, 0.6) is 11.5 Å². The fourth-order valence-corrected chi connectivity index (χ4v) is 5.11. The second-order valence-electron chi connectivity index (χ2n) is 7.70.